The van der Waals surface area contributed by atoms with Gasteiger partial charge in [-0.1, -0.05) is 36.8 Å². The fourth-order valence-electron chi connectivity index (χ4n) is 3.49. The maximum absolute atomic E-state index is 4.71. The highest BCUT2D eigenvalue weighted by molar-refractivity contribution is 7.11. The molecule has 1 aromatic carbocycles. The van der Waals surface area contributed by atoms with E-state index in [9.17, 15) is 0 Å². The minimum absolute atomic E-state index is 0.546. The largest absolute Gasteiger partial charge is 0.357 e. The van der Waals surface area contributed by atoms with Gasteiger partial charge in [0, 0.05) is 36.8 Å². The van der Waals surface area contributed by atoms with Crippen LogP contribution in [0, 0.1) is 6.92 Å². The molecular weight excluding hydrogens is 354 g/mol. The smallest absolute Gasteiger partial charge is 0.191 e. The highest BCUT2D eigenvalue weighted by Crippen LogP contribution is 2.19. The normalized spacial score (nSPS) is 18.4. The van der Waals surface area contributed by atoms with Crippen molar-refractivity contribution >= 4 is 17.3 Å². The number of thiazole rings is 1. The summed E-state index contributed by atoms with van der Waals surface area (Å²) < 4.78 is 0. The van der Waals surface area contributed by atoms with E-state index in [1.165, 1.54) is 36.2 Å². The van der Waals surface area contributed by atoms with Gasteiger partial charge in [-0.15, -0.1) is 11.3 Å². The number of hydrogen-bond donors (Lipinski definition) is 2. The Hall–Kier alpha value is -1.92. The molecule has 1 unspecified atom stereocenters. The van der Waals surface area contributed by atoms with Crippen molar-refractivity contribution < 1.29 is 0 Å². The van der Waals surface area contributed by atoms with Gasteiger partial charge in [-0.25, -0.2) is 9.98 Å². The lowest BCUT2D eigenvalue weighted by Gasteiger charge is -2.36. The molecule has 1 atom stereocenters. The lowest BCUT2D eigenvalue weighted by atomic mass is 10.0. The molecule has 0 radical (unpaired) electrons. The third-order valence-electron chi connectivity index (χ3n) is 4.87. The molecule has 3 rings (SSSR count). The van der Waals surface area contributed by atoms with Gasteiger partial charge in [0.2, 0.25) is 0 Å². The van der Waals surface area contributed by atoms with Crippen LogP contribution in [0.5, 0.6) is 0 Å². The summed E-state index contributed by atoms with van der Waals surface area (Å²) in [6.45, 7) is 8.81. The van der Waals surface area contributed by atoms with Gasteiger partial charge in [-0.2, -0.15) is 0 Å². The summed E-state index contributed by atoms with van der Waals surface area (Å²) in [4.78, 5) is 13.0. The molecule has 2 heterocycles. The Morgan fingerprint density at radius 2 is 2.11 bits per heavy atom. The Labute approximate surface area is 166 Å². The third kappa shape index (κ3) is 6.33. The number of aryl methyl sites for hydroxylation is 1. The van der Waals surface area contributed by atoms with Crippen LogP contribution in [0.2, 0.25) is 0 Å². The summed E-state index contributed by atoms with van der Waals surface area (Å²) >= 11 is 1.71. The van der Waals surface area contributed by atoms with Gasteiger partial charge in [0.05, 0.1) is 6.54 Å². The van der Waals surface area contributed by atoms with Crippen molar-refractivity contribution in [3.63, 3.8) is 0 Å². The highest BCUT2D eigenvalue weighted by Gasteiger charge is 2.22. The molecule has 27 heavy (non-hydrogen) atoms. The van der Waals surface area contributed by atoms with Crippen LogP contribution in [0.15, 0.2) is 41.5 Å². The van der Waals surface area contributed by atoms with Crippen LogP contribution in [0.25, 0.3) is 0 Å². The third-order valence-corrected chi connectivity index (χ3v) is 5.77. The number of aliphatic imine (C=N–C) groups is 1. The van der Waals surface area contributed by atoms with Gasteiger partial charge >= 0.3 is 0 Å². The van der Waals surface area contributed by atoms with Crippen LogP contribution in [-0.4, -0.2) is 41.5 Å². The van der Waals surface area contributed by atoms with E-state index in [1.54, 1.807) is 11.3 Å². The zero-order chi connectivity index (χ0) is 18.9. The molecule has 1 saturated heterocycles. The summed E-state index contributed by atoms with van der Waals surface area (Å²) in [5.74, 6) is 0.885. The van der Waals surface area contributed by atoms with Crippen molar-refractivity contribution in [3.05, 3.63) is 52.0 Å². The summed E-state index contributed by atoms with van der Waals surface area (Å²) in [5, 5.41) is 7.98. The average molecular weight is 386 g/mol. The zero-order valence-corrected chi connectivity index (χ0v) is 17.3. The Balaban J connectivity index is 1.56. The van der Waals surface area contributed by atoms with E-state index < -0.39 is 0 Å². The second kappa shape index (κ2) is 10.4. The number of aromatic nitrogens is 1. The van der Waals surface area contributed by atoms with Gasteiger partial charge in [0.1, 0.15) is 5.01 Å². The van der Waals surface area contributed by atoms with Crippen molar-refractivity contribution in [2.75, 3.05) is 19.6 Å². The van der Waals surface area contributed by atoms with Crippen LogP contribution in [-0.2, 0) is 13.1 Å². The molecule has 1 aliphatic rings. The fourth-order valence-corrected chi connectivity index (χ4v) is 4.21. The number of hydrogen-bond acceptors (Lipinski definition) is 4. The molecule has 1 fully saturated rings. The number of rotatable bonds is 7. The van der Waals surface area contributed by atoms with Gasteiger partial charge < -0.3 is 10.6 Å². The zero-order valence-electron chi connectivity index (χ0n) is 16.4. The first-order valence-electron chi connectivity index (χ1n) is 9.96. The predicted molar refractivity (Wildman–Crippen MR) is 114 cm³/mol. The molecular formula is C21H31N5S. The first kappa shape index (κ1) is 19.8. The molecule has 1 aromatic heterocycles. The van der Waals surface area contributed by atoms with Crippen molar-refractivity contribution in [2.24, 2.45) is 4.99 Å². The molecule has 0 bridgehead atoms. The van der Waals surface area contributed by atoms with Crippen LogP contribution in [0.3, 0.4) is 0 Å². The molecule has 0 saturated carbocycles. The molecule has 6 heteroatoms. The van der Waals surface area contributed by atoms with Gasteiger partial charge in [0.15, 0.2) is 5.96 Å². The molecule has 5 nitrogen and oxygen atoms in total. The van der Waals surface area contributed by atoms with E-state index in [-0.39, 0.29) is 0 Å². The molecule has 146 valence electrons. The maximum Gasteiger partial charge on any atom is 0.191 e. The SMILES string of the molecule is CCNC(=NCc1ncc(C)s1)NCC1CCCCN1Cc1ccccc1. The minimum Gasteiger partial charge on any atom is -0.357 e. The van der Waals surface area contributed by atoms with E-state index in [0.29, 0.717) is 12.6 Å². The lowest BCUT2D eigenvalue weighted by Crippen LogP contribution is -2.48. The number of benzene rings is 1. The minimum atomic E-state index is 0.546. The van der Waals surface area contributed by atoms with Gasteiger partial charge in [0.25, 0.3) is 0 Å². The maximum atomic E-state index is 4.71. The van der Waals surface area contributed by atoms with E-state index in [0.717, 1.165) is 30.6 Å². The summed E-state index contributed by atoms with van der Waals surface area (Å²) in [5.41, 5.74) is 1.39. The number of piperidine rings is 1. The Morgan fingerprint density at radius 1 is 1.26 bits per heavy atom. The topological polar surface area (TPSA) is 52.6 Å². The molecule has 0 aliphatic carbocycles. The first-order valence-corrected chi connectivity index (χ1v) is 10.8. The molecule has 2 N–H and O–H groups in total. The summed E-state index contributed by atoms with van der Waals surface area (Å²) in [7, 11) is 0. The number of likely N-dealkylation sites (tertiary alicyclic amines) is 1. The van der Waals surface area contributed by atoms with Crippen molar-refractivity contribution in [1.82, 2.24) is 20.5 Å². The second-order valence-corrected chi connectivity index (χ2v) is 8.37. The summed E-state index contributed by atoms with van der Waals surface area (Å²) in [6, 6.07) is 11.3. The van der Waals surface area contributed by atoms with Crippen LogP contribution < -0.4 is 10.6 Å². The van der Waals surface area contributed by atoms with E-state index in [1.807, 2.05) is 6.20 Å². The van der Waals surface area contributed by atoms with Gasteiger partial charge in [-0.3, -0.25) is 4.90 Å². The molecule has 1 aliphatic heterocycles. The second-order valence-electron chi connectivity index (χ2n) is 7.05. The fraction of sp³-hybridized carbons (Fsp3) is 0.524. The van der Waals surface area contributed by atoms with Crippen molar-refractivity contribution in [2.45, 2.75) is 52.2 Å². The summed E-state index contributed by atoms with van der Waals surface area (Å²) in [6.07, 6.45) is 5.76. The van der Waals surface area contributed by atoms with Crippen LogP contribution in [0.4, 0.5) is 0 Å². The highest BCUT2D eigenvalue weighted by atomic mass is 32.1. The van der Waals surface area contributed by atoms with Gasteiger partial charge in [-0.05, 0) is 38.8 Å². The first-order chi connectivity index (χ1) is 13.2. The van der Waals surface area contributed by atoms with Crippen LogP contribution >= 0.6 is 11.3 Å². The number of nitrogens with zero attached hydrogens (tertiary/aromatic N) is 3. The quantitative estimate of drug-likeness (QED) is 0.565. The molecule has 0 spiro atoms. The predicted octanol–water partition coefficient (Wildman–Crippen LogP) is 3.56. The number of nitrogens with one attached hydrogen (secondary N) is 2. The monoisotopic (exact) mass is 385 g/mol. The number of guanidine groups is 1. The average Bonchev–Trinajstić information content (AvgIpc) is 3.11. The Kier molecular flexibility index (Phi) is 7.66. The molecule has 2 aromatic rings. The van der Waals surface area contributed by atoms with E-state index in [4.69, 9.17) is 4.99 Å². The standard InChI is InChI=1S/C21H31N5S/c1-3-22-21(25-15-20-23-13-17(2)27-20)24-14-19-11-7-8-12-26(19)16-18-9-5-4-6-10-18/h4-6,9-10,13,19H,3,7-8,11-12,14-16H2,1-2H3,(H2,22,24,25). The lowest BCUT2D eigenvalue weighted by molar-refractivity contribution is 0.141. The van der Waals surface area contributed by atoms with Crippen molar-refractivity contribution in [1.29, 1.82) is 0 Å². The Bertz CT molecular complexity index is 712. The van der Waals surface area contributed by atoms with Crippen molar-refractivity contribution in [3.8, 4) is 0 Å². The van der Waals surface area contributed by atoms with E-state index in [2.05, 4.69) is 64.7 Å². The van der Waals surface area contributed by atoms with Crippen LogP contribution in [0.1, 0.15) is 41.6 Å². The Morgan fingerprint density at radius 3 is 2.85 bits per heavy atom. The molecule has 0 amide bonds. The van der Waals surface area contributed by atoms with E-state index >= 15 is 0 Å².